The zero-order valence-electron chi connectivity index (χ0n) is 19.5. The summed E-state index contributed by atoms with van der Waals surface area (Å²) in [5.41, 5.74) is 9.02. The van der Waals surface area contributed by atoms with E-state index in [0.29, 0.717) is 44.3 Å². The minimum absolute atomic E-state index is 0.0348. The van der Waals surface area contributed by atoms with Crippen molar-refractivity contribution in [1.82, 2.24) is 9.80 Å². The molecule has 0 radical (unpaired) electrons. The molecular weight excluding hydrogens is 426 g/mol. The molecule has 0 aliphatic carbocycles. The van der Waals surface area contributed by atoms with Crippen molar-refractivity contribution in [2.45, 2.75) is 44.2 Å². The number of hydrogen-bond donors (Lipinski definition) is 1. The minimum Gasteiger partial charge on any atom is -0.456 e. The van der Waals surface area contributed by atoms with E-state index in [1.807, 2.05) is 48.2 Å². The molecule has 6 nitrogen and oxygen atoms in total. The Labute approximate surface area is 200 Å². The molecule has 0 saturated carbocycles. The van der Waals surface area contributed by atoms with Crippen molar-refractivity contribution >= 4 is 11.8 Å². The van der Waals surface area contributed by atoms with Crippen LogP contribution >= 0.6 is 0 Å². The van der Waals surface area contributed by atoms with Crippen molar-refractivity contribution in [2.75, 3.05) is 19.6 Å². The highest BCUT2D eigenvalue weighted by atomic mass is 16.4. The summed E-state index contributed by atoms with van der Waals surface area (Å²) >= 11 is 0. The zero-order chi connectivity index (χ0) is 23.7. The fourth-order valence-electron chi connectivity index (χ4n) is 5.40. The Morgan fingerprint density at radius 1 is 0.971 bits per heavy atom. The van der Waals surface area contributed by atoms with E-state index in [1.165, 1.54) is 5.56 Å². The molecule has 2 fully saturated rings. The van der Waals surface area contributed by atoms with Gasteiger partial charge in [-0.15, -0.1) is 0 Å². The van der Waals surface area contributed by atoms with E-state index >= 15 is 0 Å². The Bertz CT molecular complexity index is 1160. The van der Waals surface area contributed by atoms with Gasteiger partial charge in [-0.1, -0.05) is 60.7 Å². The van der Waals surface area contributed by atoms with E-state index in [-0.39, 0.29) is 23.5 Å². The molecule has 2 saturated heterocycles. The van der Waals surface area contributed by atoms with Crippen molar-refractivity contribution in [3.8, 4) is 0 Å². The van der Waals surface area contributed by atoms with Crippen LogP contribution in [-0.2, 0) is 11.3 Å². The quantitative estimate of drug-likeness (QED) is 0.627. The second kappa shape index (κ2) is 9.47. The summed E-state index contributed by atoms with van der Waals surface area (Å²) in [7, 11) is 0. The van der Waals surface area contributed by atoms with Gasteiger partial charge in [-0.2, -0.15) is 0 Å². The number of rotatable bonds is 5. The standard InChI is InChI=1S/C28H31N3O3/c1-19-23(16-29)15-26(34-19)28(33)31-18-24(21-10-6-3-7-11-21)14-25(31)27(32)30-13-12-22(17-30)20-8-4-2-5-9-20/h2-11,15,22,24-25H,12-14,16-18,29H2,1H3/t22?,24-,25-/m0/s1. The Balaban J connectivity index is 1.39. The second-order valence-electron chi connectivity index (χ2n) is 9.39. The number of hydrogen-bond acceptors (Lipinski definition) is 4. The number of amides is 2. The fraction of sp³-hybridized carbons (Fsp3) is 0.357. The van der Waals surface area contributed by atoms with Crippen LogP contribution in [0.2, 0.25) is 0 Å². The predicted molar refractivity (Wildman–Crippen MR) is 130 cm³/mol. The molecular formula is C28H31N3O3. The van der Waals surface area contributed by atoms with E-state index in [0.717, 1.165) is 17.5 Å². The molecule has 5 rings (SSSR count). The summed E-state index contributed by atoms with van der Waals surface area (Å²) < 4.78 is 5.75. The normalized spacial score (nSPS) is 22.4. The lowest BCUT2D eigenvalue weighted by Crippen LogP contribution is -2.47. The van der Waals surface area contributed by atoms with Crippen LogP contribution in [0, 0.1) is 6.92 Å². The lowest BCUT2D eigenvalue weighted by molar-refractivity contribution is -0.134. The number of benzene rings is 2. The van der Waals surface area contributed by atoms with Crippen molar-refractivity contribution in [1.29, 1.82) is 0 Å². The highest BCUT2D eigenvalue weighted by molar-refractivity contribution is 5.96. The number of carbonyl (C=O) groups is 2. The van der Waals surface area contributed by atoms with Gasteiger partial charge in [0.25, 0.3) is 5.91 Å². The van der Waals surface area contributed by atoms with Gasteiger partial charge >= 0.3 is 0 Å². The van der Waals surface area contributed by atoms with Gasteiger partial charge in [-0.25, -0.2) is 0 Å². The molecule has 3 aromatic rings. The van der Waals surface area contributed by atoms with E-state index in [4.69, 9.17) is 10.2 Å². The van der Waals surface area contributed by atoms with Crippen molar-refractivity contribution in [3.63, 3.8) is 0 Å². The van der Waals surface area contributed by atoms with Gasteiger partial charge in [0, 0.05) is 43.6 Å². The summed E-state index contributed by atoms with van der Waals surface area (Å²) in [5, 5.41) is 0. The van der Waals surface area contributed by atoms with Crippen LogP contribution in [0.1, 0.15) is 57.7 Å². The molecule has 2 N–H and O–H groups in total. The molecule has 2 amide bonds. The van der Waals surface area contributed by atoms with Crippen LogP contribution in [0.15, 0.2) is 71.1 Å². The van der Waals surface area contributed by atoms with E-state index in [9.17, 15) is 9.59 Å². The molecule has 2 aliphatic rings. The maximum atomic E-state index is 13.8. The monoisotopic (exact) mass is 457 g/mol. The minimum atomic E-state index is -0.501. The third-order valence-electron chi connectivity index (χ3n) is 7.34. The largest absolute Gasteiger partial charge is 0.456 e. The topological polar surface area (TPSA) is 79.8 Å². The number of carbonyl (C=O) groups excluding carboxylic acids is 2. The third kappa shape index (κ3) is 4.26. The van der Waals surface area contributed by atoms with Crippen molar-refractivity contribution in [3.05, 3.63) is 94.9 Å². The fourth-order valence-corrected chi connectivity index (χ4v) is 5.40. The number of aryl methyl sites for hydroxylation is 1. The molecule has 1 aromatic heterocycles. The van der Waals surface area contributed by atoms with Crippen LogP contribution in [0.4, 0.5) is 0 Å². The van der Waals surface area contributed by atoms with Gasteiger partial charge in [-0.3, -0.25) is 9.59 Å². The number of likely N-dealkylation sites (tertiary alicyclic amines) is 2. The van der Waals surface area contributed by atoms with Crippen molar-refractivity contribution in [2.24, 2.45) is 5.73 Å². The maximum absolute atomic E-state index is 13.8. The van der Waals surface area contributed by atoms with E-state index < -0.39 is 6.04 Å². The Morgan fingerprint density at radius 3 is 2.24 bits per heavy atom. The summed E-state index contributed by atoms with van der Waals surface area (Å²) in [5.74, 6) is 1.15. The van der Waals surface area contributed by atoms with Crippen LogP contribution in [0.5, 0.6) is 0 Å². The SMILES string of the molecule is Cc1oc(C(=O)N2C[C@@H](c3ccccc3)C[C@H]2C(=O)N2CCC(c3ccccc3)C2)cc1CN. The van der Waals surface area contributed by atoms with Gasteiger partial charge in [0.1, 0.15) is 11.8 Å². The first-order valence-corrected chi connectivity index (χ1v) is 12.0. The number of furan rings is 1. The summed E-state index contributed by atoms with van der Waals surface area (Å²) in [6, 6.07) is 21.7. The number of nitrogens with two attached hydrogens (primary N) is 1. The summed E-state index contributed by atoms with van der Waals surface area (Å²) in [6.45, 7) is 4.02. The zero-order valence-corrected chi connectivity index (χ0v) is 19.5. The first kappa shape index (κ1) is 22.4. The first-order chi connectivity index (χ1) is 16.5. The van der Waals surface area contributed by atoms with Crippen molar-refractivity contribution < 1.29 is 14.0 Å². The summed E-state index contributed by atoms with van der Waals surface area (Å²) in [4.78, 5) is 31.0. The molecule has 1 unspecified atom stereocenters. The third-order valence-corrected chi connectivity index (χ3v) is 7.34. The Kier molecular flexibility index (Phi) is 6.24. The molecule has 3 heterocycles. The average Bonchev–Trinajstić information content (AvgIpc) is 3.62. The van der Waals surface area contributed by atoms with Crippen LogP contribution < -0.4 is 5.73 Å². The van der Waals surface area contributed by atoms with Crippen LogP contribution in [0.25, 0.3) is 0 Å². The smallest absolute Gasteiger partial charge is 0.290 e. The Morgan fingerprint density at radius 2 is 1.62 bits per heavy atom. The average molecular weight is 458 g/mol. The van der Waals surface area contributed by atoms with Crippen LogP contribution in [0.3, 0.4) is 0 Å². The molecule has 34 heavy (non-hydrogen) atoms. The highest BCUT2D eigenvalue weighted by Crippen LogP contribution is 2.36. The number of nitrogens with zero attached hydrogens (tertiary/aromatic N) is 2. The van der Waals surface area contributed by atoms with Gasteiger partial charge < -0.3 is 20.0 Å². The molecule has 3 atom stereocenters. The molecule has 6 heteroatoms. The molecule has 2 aromatic carbocycles. The van der Waals surface area contributed by atoms with Gasteiger partial charge in [-0.05, 0) is 37.0 Å². The Hall–Kier alpha value is -3.38. The lowest BCUT2D eigenvalue weighted by atomic mass is 9.96. The lowest BCUT2D eigenvalue weighted by Gasteiger charge is -2.27. The molecule has 176 valence electrons. The molecule has 0 bridgehead atoms. The first-order valence-electron chi connectivity index (χ1n) is 12.0. The van der Waals surface area contributed by atoms with Gasteiger partial charge in [0.05, 0.1) is 0 Å². The van der Waals surface area contributed by atoms with E-state index in [1.54, 1.807) is 11.0 Å². The molecule has 2 aliphatic heterocycles. The van der Waals surface area contributed by atoms with E-state index in [2.05, 4.69) is 24.3 Å². The second-order valence-corrected chi connectivity index (χ2v) is 9.39. The van der Waals surface area contributed by atoms with Gasteiger partial charge in [0.2, 0.25) is 5.91 Å². The maximum Gasteiger partial charge on any atom is 0.290 e. The van der Waals surface area contributed by atoms with Crippen LogP contribution in [-0.4, -0.2) is 47.3 Å². The summed E-state index contributed by atoms with van der Waals surface area (Å²) in [6.07, 6.45) is 1.56. The molecule has 0 spiro atoms. The predicted octanol–water partition coefficient (Wildman–Crippen LogP) is 4.06. The highest BCUT2D eigenvalue weighted by Gasteiger charge is 2.44. The van der Waals surface area contributed by atoms with Gasteiger partial charge in [0.15, 0.2) is 5.76 Å².